The second-order valence-electron chi connectivity index (χ2n) is 6.18. The van der Waals surface area contributed by atoms with Crippen LogP contribution in [0.15, 0.2) is 36.7 Å². The van der Waals surface area contributed by atoms with Gasteiger partial charge in [-0.05, 0) is 24.0 Å². The van der Waals surface area contributed by atoms with E-state index in [4.69, 9.17) is 0 Å². The third kappa shape index (κ3) is 5.34. The maximum Gasteiger partial charge on any atom is 0.315 e. The van der Waals surface area contributed by atoms with Gasteiger partial charge in [-0.1, -0.05) is 43.3 Å². The van der Waals surface area contributed by atoms with Crippen molar-refractivity contribution in [3.8, 4) is 0 Å². The first-order chi connectivity index (χ1) is 11.5. The highest BCUT2D eigenvalue weighted by molar-refractivity contribution is 5.74. The van der Waals surface area contributed by atoms with Gasteiger partial charge in [-0.3, -0.25) is 0 Å². The van der Waals surface area contributed by atoms with Gasteiger partial charge in [0.1, 0.15) is 0 Å². The molecule has 1 aromatic carbocycles. The first-order valence-corrected chi connectivity index (χ1v) is 8.12. The van der Waals surface area contributed by atoms with Crippen molar-refractivity contribution < 1.29 is 9.90 Å². The number of aliphatic hydroxyl groups is 1. The van der Waals surface area contributed by atoms with Crippen LogP contribution in [0.25, 0.3) is 0 Å². The lowest BCUT2D eigenvalue weighted by Gasteiger charge is -2.17. The minimum absolute atomic E-state index is 0.112. The Morgan fingerprint density at radius 1 is 1.21 bits per heavy atom. The summed E-state index contributed by atoms with van der Waals surface area (Å²) in [5.74, 6) is 0.483. The normalized spacial score (nSPS) is 13.5. The van der Waals surface area contributed by atoms with Crippen molar-refractivity contribution in [1.29, 1.82) is 0 Å². The van der Waals surface area contributed by atoms with Gasteiger partial charge in [0.2, 0.25) is 0 Å². The molecule has 0 aliphatic heterocycles. The number of carbonyl (C=O) groups excluding carboxylic acids is 1. The SMILES string of the molecule is CC(C)c1ccc(C(C)NC(=O)NCC(O)Cn2ccnn2)cc1. The molecule has 0 bridgehead atoms. The molecule has 1 heterocycles. The number of aromatic nitrogens is 3. The van der Waals surface area contributed by atoms with Crippen LogP contribution in [0, 0.1) is 0 Å². The molecule has 0 aliphatic rings. The fourth-order valence-electron chi connectivity index (χ4n) is 2.32. The molecule has 0 saturated heterocycles. The van der Waals surface area contributed by atoms with Gasteiger partial charge < -0.3 is 15.7 Å². The molecule has 0 spiro atoms. The van der Waals surface area contributed by atoms with Gasteiger partial charge in [-0.15, -0.1) is 5.10 Å². The van der Waals surface area contributed by atoms with Gasteiger partial charge in [-0.25, -0.2) is 9.48 Å². The van der Waals surface area contributed by atoms with E-state index in [1.165, 1.54) is 10.2 Å². The van der Waals surface area contributed by atoms with Crippen molar-refractivity contribution >= 4 is 6.03 Å². The van der Waals surface area contributed by atoms with E-state index in [1.54, 1.807) is 12.4 Å². The third-order valence-electron chi connectivity index (χ3n) is 3.82. The summed E-state index contributed by atoms with van der Waals surface area (Å²) in [6, 6.07) is 7.79. The minimum atomic E-state index is -0.724. The number of aliphatic hydroxyl groups excluding tert-OH is 1. The molecular weight excluding hydrogens is 306 g/mol. The number of hydrogen-bond donors (Lipinski definition) is 3. The van der Waals surface area contributed by atoms with Crippen molar-refractivity contribution in [2.75, 3.05) is 6.54 Å². The van der Waals surface area contributed by atoms with Crippen LogP contribution in [0.1, 0.15) is 43.9 Å². The second kappa shape index (κ2) is 8.44. The van der Waals surface area contributed by atoms with E-state index in [2.05, 4.69) is 46.9 Å². The Balaban J connectivity index is 1.76. The highest BCUT2D eigenvalue weighted by Gasteiger charge is 2.12. The first-order valence-electron chi connectivity index (χ1n) is 8.12. The van der Waals surface area contributed by atoms with Crippen molar-refractivity contribution in [2.24, 2.45) is 0 Å². The van der Waals surface area contributed by atoms with Crippen LogP contribution in [-0.2, 0) is 6.54 Å². The zero-order valence-corrected chi connectivity index (χ0v) is 14.3. The Hall–Kier alpha value is -2.41. The third-order valence-corrected chi connectivity index (χ3v) is 3.82. The van der Waals surface area contributed by atoms with Crippen LogP contribution in [0.3, 0.4) is 0 Å². The second-order valence-corrected chi connectivity index (χ2v) is 6.18. The molecule has 2 unspecified atom stereocenters. The molecule has 0 aliphatic carbocycles. The number of hydrogen-bond acceptors (Lipinski definition) is 4. The fourth-order valence-corrected chi connectivity index (χ4v) is 2.32. The van der Waals surface area contributed by atoms with Crippen molar-refractivity contribution in [1.82, 2.24) is 25.6 Å². The number of amides is 2. The van der Waals surface area contributed by atoms with Crippen molar-refractivity contribution in [3.05, 3.63) is 47.8 Å². The molecule has 1 aromatic heterocycles. The summed E-state index contributed by atoms with van der Waals surface area (Å²) in [6.07, 6.45) is 2.48. The number of rotatable bonds is 7. The average Bonchev–Trinajstić information content (AvgIpc) is 3.06. The molecule has 2 atom stereocenters. The van der Waals surface area contributed by atoms with Crippen LogP contribution >= 0.6 is 0 Å². The van der Waals surface area contributed by atoms with Crippen molar-refractivity contribution in [2.45, 2.75) is 45.4 Å². The summed E-state index contributed by atoms with van der Waals surface area (Å²) < 4.78 is 1.52. The first kappa shape index (κ1) is 17.9. The highest BCUT2D eigenvalue weighted by Crippen LogP contribution is 2.18. The lowest BCUT2D eigenvalue weighted by atomic mass is 10.00. The van der Waals surface area contributed by atoms with E-state index >= 15 is 0 Å². The van der Waals surface area contributed by atoms with E-state index in [0.717, 1.165) is 5.56 Å². The number of benzene rings is 1. The molecule has 7 heteroatoms. The molecule has 130 valence electrons. The molecule has 0 fully saturated rings. The van der Waals surface area contributed by atoms with Crippen LogP contribution in [0.5, 0.6) is 0 Å². The van der Waals surface area contributed by atoms with Gasteiger partial charge in [0.15, 0.2) is 0 Å². The average molecular weight is 331 g/mol. The van der Waals surface area contributed by atoms with Crippen LogP contribution in [-0.4, -0.2) is 38.8 Å². The molecule has 24 heavy (non-hydrogen) atoms. The predicted molar refractivity (Wildman–Crippen MR) is 91.5 cm³/mol. The molecule has 2 aromatic rings. The zero-order chi connectivity index (χ0) is 17.5. The van der Waals surface area contributed by atoms with Gasteiger partial charge in [0, 0.05) is 12.7 Å². The lowest BCUT2D eigenvalue weighted by molar-refractivity contribution is 0.146. The maximum atomic E-state index is 11.9. The van der Waals surface area contributed by atoms with Crippen LogP contribution in [0.2, 0.25) is 0 Å². The molecular formula is C17H25N5O2. The van der Waals surface area contributed by atoms with E-state index in [0.29, 0.717) is 5.92 Å². The summed E-state index contributed by atoms with van der Waals surface area (Å²) in [5, 5.41) is 22.8. The Morgan fingerprint density at radius 3 is 2.46 bits per heavy atom. The van der Waals surface area contributed by atoms with Crippen LogP contribution < -0.4 is 10.6 Å². The summed E-state index contributed by atoms with van der Waals surface area (Å²) in [7, 11) is 0. The molecule has 7 nitrogen and oxygen atoms in total. The lowest BCUT2D eigenvalue weighted by Crippen LogP contribution is -2.41. The molecule has 0 saturated carbocycles. The smallest absolute Gasteiger partial charge is 0.315 e. The highest BCUT2D eigenvalue weighted by atomic mass is 16.3. The van der Waals surface area contributed by atoms with E-state index in [-0.39, 0.29) is 25.2 Å². The van der Waals surface area contributed by atoms with Gasteiger partial charge in [0.25, 0.3) is 0 Å². The maximum absolute atomic E-state index is 11.9. The zero-order valence-electron chi connectivity index (χ0n) is 14.3. The van der Waals surface area contributed by atoms with E-state index in [1.807, 2.05) is 19.1 Å². The Bertz CT molecular complexity index is 625. The fraction of sp³-hybridized carbons (Fsp3) is 0.471. The number of nitrogens with one attached hydrogen (secondary N) is 2. The summed E-state index contributed by atoms with van der Waals surface area (Å²) in [5.41, 5.74) is 2.31. The molecule has 2 rings (SSSR count). The summed E-state index contributed by atoms with van der Waals surface area (Å²) in [4.78, 5) is 11.9. The minimum Gasteiger partial charge on any atom is -0.389 e. The Kier molecular flexibility index (Phi) is 6.31. The van der Waals surface area contributed by atoms with E-state index in [9.17, 15) is 9.90 Å². The molecule has 3 N–H and O–H groups in total. The molecule has 2 amide bonds. The van der Waals surface area contributed by atoms with Crippen LogP contribution in [0.4, 0.5) is 4.79 Å². The van der Waals surface area contributed by atoms with Gasteiger partial charge >= 0.3 is 6.03 Å². The Labute approximate surface area is 142 Å². The standard InChI is InChI=1S/C17H25N5O2/c1-12(2)14-4-6-15(7-5-14)13(3)20-17(24)18-10-16(23)11-22-9-8-19-21-22/h4-9,12-13,16,23H,10-11H2,1-3H3,(H2,18,20,24). The van der Waals surface area contributed by atoms with Gasteiger partial charge in [0.05, 0.1) is 24.9 Å². The monoisotopic (exact) mass is 331 g/mol. The van der Waals surface area contributed by atoms with Crippen molar-refractivity contribution in [3.63, 3.8) is 0 Å². The number of carbonyl (C=O) groups is 1. The predicted octanol–water partition coefficient (Wildman–Crippen LogP) is 1.82. The quantitative estimate of drug-likeness (QED) is 0.721. The van der Waals surface area contributed by atoms with E-state index < -0.39 is 6.10 Å². The molecule has 0 radical (unpaired) electrons. The largest absolute Gasteiger partial charge is 0.389 e. The summed E-state index contributed by atoms with van der Waals surface area (Å²) in [6.45, 7) is 6.65. The number of nitrogens with zero attached hydrogens (tertiary/aromatic N) is 3. The summed E-state index contributed by atoms with van der Waals surface area (Å²) >= 11 is 0. The Morgan fingerprint density at radius 2 is 1.88 bits per heavy atom. The van der Waals surface area contributed by atoms with Gasteiger partial charge in [-0.2, -0.15) is 0 Å². The topological polar surface area (TPSA) is 92.1 Å². The number of urea groups is 1.